The molecular weight excluding hydrogens is 138 g/mol. The zero-order chi connectivity index (χ0) is 7.33. The molecule has 0 spiro atoms. The van der Waals surface area contributed by atoms with Gasteiger partial charge in [-0.3, -0.25) is 0 Å². The third-order valence-corrected chi connectivity index (χ3v) is 1.73. The summed E-state index contributed by atoms with van der Waals surface area (Å²) < 4.78 is 0. The largest absolute Gasteiger partial charge is 0.396 e. The maximum atomic E-state index is 8.45. The lowest BCUT2D eigenvalue weighted by Gasteiger charge is -2.20. The van der Waals surface area contributed by atoms with Crippen molar-refractivity contribution < 1.29 is 5.11 Å². The number of nitrogens with one attached hydrogen (secondary N) is 1. The first-order chi connectivity index (χ1) is 4.12. The lowest BCUT2D eigenvalue weighted by molar-refractivity contribution is 0.265. The van der Waals surface area contributed by atoms with E-state index in [0.717, 1.165) is 12.8 Å². The molecule has 0 aliphatic heterocycles. The van der Waals surface area contributed by atoms with E-state index in [0.29, 0.717) is 0 Å². The van der Waals surface area contributed by atoms with Crippen molar-refractivity contribution in [2.75, 3.05) is 6.61 Å². The van der Waals surface area contributed by atoms with Gasteiger partial charge in [0.15, 0.2) is 0 Å². The smallest absolute Gasteiger partial charge is 0.0431 e. The van der Waals surface area contributed by atoms with Gasteiger partial charge in [0.2, 0.25) is 0 Å². The standard InChI is InChI=1S/C6H14ClNO/c1-6(2,8-7)4-3-5-9/h8-9H,3-5H2,1-2H3. The molecule has 0 atom stereocenters. The minimum absolute atomic E-state index is 0.0513. The second-order valence-corrected chi connectivity index (χ2v) is 2.99. The molecule has 0 aliphatic carbocycles. The van der Waals surface area contributed by atoms with Crippen molar-refractivity contribution in [2.45, 2.75) is 32.2 Å². The average molecular weight is 152 g/mol. The predicted octanol–water partition coefficient (Wildman–Crippen LogP) is 1.28. The Morgan fingerprint density at radius 1 is 1.56 bits per heavy atom. The van der Waals surface area contributed by atoms with Crippen molar-refractivity contribution in [3.63, 3.8) is 0 Å². The van der Waals surface area contributed by atoms with E-state index in [1.807, 2.05) is 13.8 Å². The minimum atomic E-state index is -0.0513. The van der Waals surface area contributed by atoms with Gasteiger partial charge in [0.05, 0.1) is 0 Å². The third kappa shape index (κ3) is 4.70. The van der Waals surface area contributed by atoms with Crippen LogP contribution in [-0.2, 0) is 0 Å². The van der Waals surface area contributed by atoms with E-state index in [1.54, 1.807) is 0 Å². The fraction of sp³-hybridized carbons (Fsp3) is 1.00. The maximum absolute atomic E-state index is 8.45. The van der Waals surface area contributed by atoms with Crippen LogP contribution in [0.25, 0.3) is 0 Å². The van der Waals surface area contributed by atoms with Gasteiger partial charge >= 0.3 is 0 Å². The lowest BCUT2D eigenvalue weighted by Crippen LogP contribution is -2.32. The molecule has 2 N–H and O–H groups in total. The first-order valence-electron chi connectivity index (χ1n) is 3.11. The van der Waals surface area contributed by atoms with E-state index < -0.39 is 0 Å². The van der Waals surface area contributed by atoms with E-state index in [9.17, 15) is 0 Å². The molecule has 0 saturated carbocycles. The first kappa shape index (κ1) is 9.21. The Morgan fingerprint density at radius 3 is 2.44 bits per heavy atom. The zero-order valence-electron chi connectivity index (χ0n) is 5.95. The molecule has 0 rings (SSSR count). The molecule has 0 aromatic carbocycles. The molecule has 3 heteroatoms. The van der Waals surface area contributed by atoms with Crippen LogP contribution in [0.1, 0.15) is 26.7 Å². The Morgan fingerprint density at radius 2 is 2.11 bits per heavy atom. The molecule has 2 nitrogen and oxygen atoms in total. The quantitative estimate of drug-likeness (QED) is 0.594. The number of rotatable bonds is 4. The molecule has 0 heterocycles. The van der Waals surface area contributed by atoms with Crippen molar-refractivity contribution in [1.29, 1.82) is 0 Å². The van der Waals surface area contributed by atoms with Crippen LogP contribution in [0.15, 0.2) is 0 Å². The molecular formula is C6H14ClNO. The van der Waals surface area contributed by atoms with Crippen LogP contribution in [0.5, 0.6) is 0 Å². The molecule has 0 aliphatic rings. The summed E-state index contributed by atoms with van der Waals surface area (Å²) in [6, 6.07) is 0. The van der Waals surface area contributed by atoms with Gasteiger partial charge in [-0.2, -0.15) is 0 Å². The predicted molar refractivity (Wildman–Crippen MR) is 39.4 cm³/mol. The van der Waals surface area contributed by atoms with Crippen LogP contribution in [0.4, 0.5) is 0 Å². The molecule has 0 bridgehead atoms. The van der Waals surface area contributed by atoms with Crippen molar-refractivity contribution in [2.24, 2.45) is 0 Å². The average Bonchev–Trinajstić information content (AvgIpc) is 1.84. The van der Waals surface area contributed by atoms with E-state index in [4.69, 9.17) is 16.9 Å². The molecule has 9 heavy (non-hydrogen) atoms. The monoisotopic (exact) mass is 151 g/mol. The van der Waals surface area contributed by atoms with Crippen LogP contribution < -0.4 is 4.84 Å². The zero-order valence-corrected chi connectivity index (χ0v) is 6.70. The highest BCUT2D eigenvalue weighted by Gasteiger charge is 2.13. The van der Waals surface area contributed by atoms with Crippen molar-refractivity contribution in [3.05, 3.63) is 0 Å². The molecule has 0 saturated heterocycles. The van der Waals surface area contributed by atoms with Gasteiger partial charge in [0.1, 0.15) is 0 Å². The molecule has 56 valence electrons. The van der Waals surface area contributed by atoms with Crippen LogP contribution in [0, 0.1) is 0 Å². The number of hydrogen-bond donors (Lipinski definition) is 2. The van der Waals surface area contributed by atoms with Gasteiger partial charge in [-0.15, -0.1) is 0 Å². The van der Waals surface area contributed by atoms with E-state index in [2.05, 4.69) is 4.84 Å². The van der Waals surface area contributed by atoms with E-state index in [1.165, 1.54) is 0 Å². The fourth-order valence-electron chi connectivity index (χ4n) is 0.568. The fourth-order valence-corrected chi connectivity index (χ4v) is 0.663. The Labute approximate surface area is 61.3 Å². The normalized spacial score (nSPS) is 12.0. The Balaban J connectivity index is 3.33. The van der Waals surface area contributed by atoms with E-state index >= 15 is 0 Å². The lowest BCUT2D eigenvalue weighted by atomic mass is 10.0. The van der Waals surface area contributed by atoms with Gasteiger partial charge in [-0.25, -0.2) is 4.84 Å². The summed E-state index contributed by atoms with van der Waals surface area (Å²) in [6.07, 6.45) is 1.69. The topological polar surface area (TPSA) is 32.3 Å². The van der Waals surface area contributed by atoms with Crippen molar-refractivity contribution in [3.8, 4) is 0 Å². The highest BCUT2D eigenvalue weighted by Crippen LogP contribution is 2.10. The molecule has 0 aromatic heterocycles. The van der Waals surface area contributed by atoms with Crippen molar-refractivity contribution >= 4 is 11.8 Å². The van der Waals surface area contributed by atoms with Gasteiger partial charge in [0.25, 0.3) is 0 Å². The summed E-state index contributed by atoms with van der Waals surface area (Å²) >= 11 is 5.40. The number of halogens is 1. The summed E-state index contributed by atoms with van der Waals surface area (Å²) in [6.45, 7) is 4.23. The molecule has 0 unspecified atom stereocenters. The summed E-state index contributed by atoms with van der Waals surface area (Å²) in [5.74, 6) is 0. The van der Waals surface area contributed by atoms with E-state index in [-0.39, 0.29) is 12.1 Å². The van der Waals surface area contributed by atoms with Gasteiger partial charge in [-0.1, -0.05) is 0 Å². The van der Waals surface area contributed by atoms with Crippen LogP contribution in [0.3, 0.4) is 0 Å². The van der Waals surface area contributed by atoms with Gasteiger partial charge < -0.3 is 5.11 Å². The summed E-state index contributed by atoms with van der Waals surface area (Å²) in [4.78, 5) is 2.64. The first-order valence-corrected chi connectivity index (χ1v) is 3.49. The van der Waals surface area contributed by atoms with Crippen molar-refractivity contribution in [1.82, 2.24) is 4.84 Å². The number of aliphatic hydroxyl groups excluding tert-OH is 1. The summed E-state index contributed by atoms with van der Waals surface area (Å²) in [7, 11) is 0. The van der Waals surface area contributed by atoms with Crippen LogP contribution in [-0.4, -0.2) is 17.3 Å². The van der Waals surface area contributed by atoms with Gasteiger partial charge in [0, 0.05) is 12.1 Å². The Hall–Kier alpha value is 0.210. The number of aliphatic hydroxyl groups is 1. The molecule has 0 amide bonds. The highest BCUT2D eigenvalue weighted by molar-refractivity contribution is 6.13. The third-order valence-electron chi connectivity index (χ3n) is 1.22. The molecule has 0 radical (unpaired) electrons. The maximum Gasteiger partial charge on any atom is 0.0431 e. The Bertz CT molecular complexity index is 75.5. The molecule has 0 aromatic rings. The summed E-state index contributed by atoms with van der Waals surface area (Å²) in [5, 5.41) is 8.45. The second kappa shape index (κ2) is 4.09. The Kier molecular flexibility index (Phi) is 4.19. The van der Waals surface area contributed by atoms with Crippen LogP contribution >= 0.6 is 11.8 Å². The minimum Gasteiger partial charge on any atom is -0.396 e. The van der Waals surface area contributed by atoms with Crippen LogP contribution in [0.2, 0.25) is 0 Å². The SMILES string of the molecule is CC(C)(CCCO)NCl. The number of hydrogen-bond acceptors (Lipinski definition) is 2. The summed E-state index contributed by atoms with van der Waals surface area (Å²) in [5.41, 5.74) is -0.0513. The second-order valence-electron chi connectivity index (χ2n) is 2.81. The van der Waals surface area contributed by atoms with Gasteiger partial charge in [-0.05, 0) is 38.5 Å². The molecule has 0 fully saturated rings. The highest BCUT2D eigenvalue weighted by atomic mass is 35.5.